The average molecular weight is 162 g/mol. The summed E-state index contributed by atoms with van der Waals surface area (Å²) in [7, 11) is 0. The molecule has 0 amide bonds. The number of benzene rings is 1. The van der Waals surface area contributed by atoms with E-state index >= 15 is 0 Å². The third kappa shape index (κ3) is 1.51. The van der Waals surface area contributed by atoms with Crippen LogP contribution >= 0.6 is 0 Å². The molecule has 0 aliphatic carbocycles. The average Bonchev–Trinajstić information content (AvgIpc) is 2.29. The van der Waals surface area contributed by atoms with Gasteiger partial charge in [0.2, 0.25) is 0 Å². The monoisotopic (exact) mass is 162 g/mol. The first-order valence-corrected chi connectivity index (χ1v) is 4.54. The predicted molar refractivity (Wildman–Crippen MR) is 49.0 cm³/mol. The van der Waals surface area contributed by atoms with Crippen LogP contribution in [0.3, 0.4) is 0 Å². The van der Waals surface area contributed by atoms with Crippen molar-refractivity contribution in [3.8, 4) is 0 Å². The highest BCUT2D eigenvalue weighted by atomic mass is 16.5. The second-order valence-corrected chi connectivity index (χ2v) is 3.43. The minimum absolute atomic E-state index is 0.414. The molecule has 0 bridgehead atoms. The van der Waals surface area contributed by atoms with Gasteiger partial charge in [-0.2, -0.15) is 0 Å². The highest BCUT2D eigenvalue weighted by molar-refractivity contribution is 5.27. The molecule has 1 aliphatic heterocycles. The van der Waals surface area contributed by atoms with Gasteiger partial charge in [-0.1, -0.05) is 24.3 Å². The molecule has 1 aliphatic rings. The first-order valence-electron chi connectivity index (χ1n) is 4.54. The molecular formula is C11H14O. The minimum Gasteiger partial charge on any atom is -0.374 e. The summed E-state index contributed by atoms with van der Waals surface area (Å²) in [4.78, 5) is 0. The third-order valence-corrected chi connectivity index (χ3v) is 2.46. The second kappa shape index (κ2) is 3.28. The lowest BCUT2D eigenvalue weighted by molar-refractivity contribution is 0.0536. The maximum absolute atomic E-state index is 5.63. The molecule has 0 saturated carbocycles. The van der Waals surface area contributed by atoms with Gasteiger partial charge in [0.05, 0.1) is 12.7 Å². The van der Waals surface area contributed by atoms with E-state index in [1.165, 1.54) is 11.1 Å². The minimum atomic E-state index is 0.414. The molecule has 0 aromatic heterocycles. The predicted octanol–water partition coefficient (Wildman–Crippen LogP) is 2.54. The molecule has 0 fully saturated rings. The van der Waals surface area contributed by atoms with Gasteiger partial charge in [-0.05, 0) is 30.9 Å². The molecule has 1 unspecified atom stereocenters. The molecule has 1 nitrogen and oxygen atoms in total. The largest absolute Gasteiger partial charge is 0.374 e. The van der Waals surface area contributed by atoms with Crippen LogP contribution in [0, 0.1) is 0 Å². The fourth-order valence-corrected chi connectivity index (χ4v) is 1.62. The van der Waals surface area contributed by atoms with Crippen molar-refractivity contribution in [1.29, 1.82) is 0 Å². The van der Waals surface area contributed by atoms with E-state index in [1.54, 1.807) is 0 Å². The molecule has 1 aromatic rings. The molecule has 12 heavy (non-hydrogen) atoms. The van der Waals surface area contributed by atoms with Crippen LogP contribution in [0.5, 0.6) is 0 Å². The Balaban J connectivity index is 2.26. The van der Waals surface area contributed by atoms with Crippen molar-refractivity contribution in [3.05, 3.63) is 35.4 Å². The molecule has 1 heterocycles. The second-order valence-electron chi connectivity index (χ2n) is 3.43. The third-order valence-electron chi connectivity index (χ3n) is 2.46. The Morgan fingerprint density at radius 3 is 2.83 bits per heavy atom. The lowest BCUT2D eigenvalue weighted by atomic mass is 10.0. The zero-order valence-electron chi connectivity index (χ0n) is 7.42. The van der Waals surface area contributed by atoms with Gasteiger partial charge in [0.25, 0.3) is 0 Å². The Labute approximate surface area is 73.4 Å². The van der Waals surface area contributed by atoms with E-state index in [2.05, 4.69) is 31.2 Å². The van der Waals surface area contributed by atoms with E-state index in [4.69, 9.17) is 4.74 Å². The Hall–Kier alpha value is -0.820. The summed E-state index contributed by atoms with van der Waals surface area (Å²) in [6.45, 7) is 2.93. The van der Waals surface area contributed by atoms with E-state index in [0.717, 1.165) is 19.4 Å². The summed E-state index contributed by atoms with van der Waals surface area (Å²) in [6, 6.07) is 8.55. The number of hydrogen-bond donors (Lipinski definition) is 0. The van der Waals surface area contributed by atoms with Gasteiger partial charge in [-0.25, -0.2) is 0 Å². The molecule has 64 valence electrons. The number of aryl methyl sites for hydroxylation is 1. The molecule has 1 heteroatoms. The maximum Gasteiger partial charge on any atom is 0.0723 e. The summed E-state index contributed by atoms with van der Waals surface area (Å²) in [6.07, 6.45) is 2.73. The maximum atomic E-state index is 5.63. The molecule has 1 atom stereocenters. The fraction of sp³-hybridized carbons (Fsp3) is 0.455. The van der Waals surface area contributed by atoms with Gasteiger partial charge < -0.3 is 4.74 Å². The first-order chi connectivity index (χ1) is 5.86. The standard InChI is InChI=1S/C11H14O/c1-9-6-7-10-4-2-3-5-11(10)8-12-9/h2-5,9H,6-8H2,1H3. The molecule has 2 rings (SSSR count). The molecule has 0 spiro atoms. The zero-order chi connectivity index (χ0) is 8.39. The summed E-state index contributed by atoms with van der Waals surface area (Å²) in [5, 5.41) is 0. The first kappa shape index (κ1) is 7.81. The van der Waals surface area contributed by atoms with Gasteiger partial charge in [-0.15, -0.1) is 0 Å². The lowest BCUT2D eigenvalue weighted by Gasteiger charge is -2.06. The Morgan fingerprint density at radius 2 is 2.00 bits per heavy atom. The molecule has 0 saturated heterocycles. The van der Waals surface area contributed by atoms with Crippen molar-refractivity contribution in [2.45, 2.75) is 32.5 Å². The van der Waals surface area contributed by atoms with Gasteiger partial charge in [0.1, 0.15) is 0 Å². The van der Waals surface area contributed by atoms with E-state index < -0.39 is 0 Å². The van der Waals surface area contributed by atoms with Gasteiger partial charge >= 0.3 is 0 Å². The van der Waals surface area contributed by atoms with Crippen LogP contribution in [-0.2, 0) is 17.8 Å². The Kier molecular flexibility index (Phi) is 2.13. The van der Waals surface area contributed by atoms with Crippen molar-refractivity contribution in [3.63, 3.8) is 0 Å². The summed E-state index contributed by atoms with van der Waals surface area (Å²) >= 11 is 0. The highest BCUT2D eigenvalue weighted by Gasteiger charge is 2.11. The molecule has 1 aromatic carbocycles. The van der Waals surface area contributed by atoms with Crippen LogP contribution in [0.2, 0.25) is 0 Å². The quantitative estimate of drug-likeness (QED) is 0.569. The van der Waals surface area contributed by atoms with Gasteiger partial charge in [0.15, 0.2) is 0 Å². The summed E-state index contributed by atoms with van der Waals surface area (Å²) < 4.78 is 5.63. The van der Waals surface area contributed by atoms with Gasteiger partial charge in [-0.3, -0.25) is 0 Å². The van der Waals surface area contributed by atoms with Crippen molar-refractivity contribution in [2.75, 3.05) is 0 Å². The van der Waals surface area contributed by atoms with Gasteiger partial charge in [0, 0.05) is 0 Å². The van der Waals surface area contributed by atoms with Crippen LogP contribution in [-0.4, -0.2) is 6.10 Å². The molecule has 0 N–H and O–H groups in total. The van der Waals surface area contributed by atoms with Crippen LogP contribution in [0.1, 0.15) is 24.5 Å². The highest BCUT2D eigenvalue weighted by Crippen LogP contribution is 2.19. The topological polar surface area (TPSA) is 9.23 Å². The normalized spacial score (nSPS) is 22.9. The zero-order valence-corrected chi connectivity index (χ0v) is 7.42. The Morgan fingerprint density at radius 1 is 1.25 bits per heavy atom. The Bertz CT molecular complexity index is 240. The number of rotatable bonds is 0. The summed E-state index contributed by atoms with van der Waals surface area (Å²) in [5.41, 5.74) is 2.82. The number of ether oxygens (including phenoxy) is 1. The van der Waals surface area contributed by atoms with Crippen LogP contribution < -0.4 is 0 Å². The number of hydrogen-bond acceptors (Lipinski definition) is 1. The van der Waals surface area contributed by atoms with Crippen molar-refractivity contribution >= 4 is 0 Å². The molecule has 0 radical (unpaired) electrons. The van der Waals surface area contributed by atoms with Crippen molar-refractivity contribution in [1.82, 2.24) is 0 Å². The van der Waals surface area contributed by atoms with Crippen LogP contribution in [0.4, 0.5) is 0 Å². The fourth-order valence-electron chi connectivity index (χ4n) is 1.62. The summed E-state index contributed by atoms with van der Waals surface area (Å²) in [5.74, 6) is 0. The van der Waals surface area contributed by atoms with E-state index in [9.17, 15) is 0 Å². The van der Waals surface area contributed by atoms with E-state index in [-0.39, 0.29) is 0 Å². The lowest BCUT2D eigenvalue weighted by Crippen LogP contribution is -2.04. The SMILES string of the molecule is CC1CCc2ccccc2CO1. The smallest absolute Gasteiger partial charge is 0.0723 e. The van der Waals surface area contributed by atoms with E-state index in [1.807, 2.05) is 0 Å². The van der Waals surface area contributed by atoms with Crippen LogP contribution in [0.15, 0.2) is 24.3 Å². The van der Waals surface area contributed by atoms with E-state index in [0.29, 0.717) is 6.10 Å². The number of fused-ring (bicyclic) bond motifs is 1. The van der Waals surface area contributed by atoms with Crippen molar-refractivity contribution in [2.24, 2.45) is 0 Å². The van der Waals surface area contributed by atoms with Crippen LogP contribution in [0.25, 0.3) is 0 Å². The molecular weight excluding hydrogens is 148 g/mol. The van der Waals surface area contributed by atoms with Crippen molar-refractivity contribution < 1.29 is 4.74 Å².